The van der Waals surface area contributed by atoms with Crippen LogP contribution in [0.5, 0.6) is 0 Å². The molecule has 2 N–H and O–H groups in total. The molecule has 8 heteroatoms. The zero-order valence-electron chi connectivity index (χ0n) is 14.2. The number of halogens is 1. The van der Waals surface area contributed by atoms with Gasteiger partial charge in [0.15, 0.2) is 6.54 Å². The predicted octanol–water partition coefficient (Wildman–Crippen LogP) is 0.354. The number of para-hydroxylation sites is 1. The Labute approximate surface area is 152 Å². The van der Waals surface area contributed by atoms with Gasteiger partial charge < -0.3 is 10.2 Å². The maximum absolute atomic E-state index is 13.6. The van der Waals surface area contributed by atoms with E-state index in [0.29, 0.717) is 26.2 Å². The van der Waals surface area contributed by atoms with Crippen LogP contribution < -0.4 is 10.2 Å². The number of nitrogens with zero attached hydrogens (tertiary/aromatic N) is 1. The summed E-state index contributed by atoms with van der Waals surface area (Å²) in [5.41, 5.74) is 0.155. The molecule has 2 aromatic carbocycles. The van der Waals surface area contributed by atoms with E-state index < -0.39 is 15.8 Å². The van der Waals surface area contributed by atoms with Crippen LogP contribution in [0.15, 0.2) is 59.5 Å². The number of sulfonamides is 1. The van der Waals surface area contributed by atoms with E-state index in [-0.39, 0.29) is 23.0 Å². The van der Waals surface area contributed by atoms with Gasteiger partial charge in [0.2, 0.25) is 10.0 Å². The monoisotopic (exact) mass is 378 g/mol. The topological polar surface area (TPSA) is 70.9 Å². The number of carbonyl (C=O) groups is 1. The lowest BCUT2D eigenvalue weighted by atomic mass is 10.3. The molecule has 26 heavy (non-hydrogen) atoms. The molecule has 2 aromatic rings. The minimum Gasteiger partial charge on any atom is -0.325 e. The van der Waals surface area contributed by atoms with Gasteiger partial charge in [-0.05, 0) is 24.3 Å². The first-order valence-electron chi connectivity index (χ1n) is 8.40. The first kappa shape index (κ1) is 18.5. The summed E-state index contributed by atoms with van der Waals surface area (Å²) in [7, 11) is -3.50. The van der Waals surface area contributed by atoms with Gasteiger partial charge in [-0.2, -0.15) is 4.31 Å². The van der Waals surface area contributed by atoms with E-state index in [4.69, 9.17) is 0 Å². The molecule has 0 saturated carbocycles. The van der Waals surface area contributed by atoms with Crippen molar-refractivity contribution < 1.29 is 22.5 Å². The summed E-state index contributed by atoms with van der Waals surface area (Å²) in [4.78, 5) is 13.4. The molecule has 138 valence electrons. The van der Waals surface area contributed by atoms with Crippen molar-refractivity contribution in [1.82, 2.24) is 4.31 Å². The Morgan fingerprint density at radius 2 is 1.65 bits per heavy atom. The molecule has 1 saturated heterocycles. The molecule has 3 rings (SSSR count). The van der Waals surface area contributed by atoms with Gasteiger partial charge >= 0.3 is 0 Å². The Kier molecular flexibility index (Phi) is 5.65. The van der Waals surface area contributed by atoms with Crippen molar-refractivity contribution in [3.63, 3.8) is 0 Å². The number of amides is 1. The summed E-state index contributed by atoms with van der Waals surface area (Å²) in [5.74, 6) is -0.765. The number of rotatable bonds is 5. The number of nitrogens with one attached hydrogen (secondary N) is 2. The molecule has 0 atom stereocenters. The van der Waals surface area contributed by atoms with Crippen LogP contribution in [0.3, 0.4) is 0 Å². The summed E-state index contributed by atoms with van der Waals surface area (Å²) in [6.07, 6.45) is 0. The second-order valence-electron chi connectivity index (χ2n) is 6.17. The third-order valence-electron chi connectivity index (χ3n) is 4.37. The van der Waals surface area contributed by atoms with Crippen molar-refractivity contribution in [3.05, 3.63) is 60.4 Å². The minimum atomic E-state index is -3.50. The summed E-state index contributed by atoms with van der Waals surface area (Å²) in [6.45, 7) is 1.92. The van der Waals surface area contributed by atoms with E-state index >= 15 is 0 Å². The molecule has 1 heterocycles. The molecule has 1 amide bonds. The standard InChI is InChI=1S/C18H20FN3O3S/c19-16-8-4-5-9-17(16)20-18(23)14-21-10-12-22(13-11-21)26(24,25)15-6-2-1-3-7-15/h1-9H,10-14H2,(H,20,23)/p+1. The first-order chi connectivity index (χ1) is 12.5. The van der Waals surface area contributed by atoms with E-state index in [1.165, 1.54) is 16.4 Å². The molecule has 0 aliphatic carbocycles. The van der Waals surface area contributed by atoms with Crippen LogP contribution in [0, 0.1) is 5.82 Å². The summed E-state index contributed by atoms with van der Waals surface area (Å²) in [5, 5.41) is 2.56. The third-order valence-corrected chi connectivity index (χ3v) is 6.28. The number of hydrogen-bond acceptors (Lipinski definition) is 3. The normalized spacial score (nSPS) is 16.3. The van der Waals surface area contributed by atoms with E-state index in [1.54, 1.807) is 42.5 Å². The largest absolute Gasteiger partial charge is 0.325 e. The average Bonchev–Trinajstić information content (AvgIpc) is 2.65. The number of anilines is 1. The van der Waals surface area contributed by atoms with Gasteiger partial charge in [0.1, 0.15) is 5.82 Å². The van der Waals surface area contributed by atoms with Crippen molar-refractivity contribution in [2.45, 2.75) is 4.90 Å². The highest BCUT2D eigenvalue weighted by Gasteiger charge is 2.31. The van der Waals surface area contributed by atoms with Crippen LogP contribution in [0.25, 0.3) is 0 Å². The van der Waals surface area contributed by atoms with Crippen LogP contribution in [0.1, 0.15) is 0 Å². The smallest absolute Gasteiger partial charge is 0.279 e. The highest BCUT2D eigenvalue weighted by atomic mass is 32.2. The number of hydrogen-bond donors (Lipinski definition) is 2. The van der Waals surface area contributed by atoms with Crippen molar-refractivity contribution >= 4 is 21.6 Å². The van der Waals surface area contributed by atoms with Crippen molar-refractivity contribution in [3.8, 4) is 0 Å². The lowest BCUT2D eigenvalue weighted by Gasteiger charge is -2.31. The van der Waals surface area contributed by atoms with Gasteiger partial charge in [0.25, 0.3) is 5.91 Å². The van der Waals surface area contributed by atoms with E-state index in [1.807, 2.05) is 0 Å². The van der Waals surface area contributed by atoms with Crippen LogP contribution in [0.4, 0.5) is 10.1 Å². The fraction of sp³-hybridized carbons (Fsp3) is 0.278. The van der Waals surface area contributed by atoms with Gasteiger partial charge in [-0.1, -0.05) is 30.3 Å². The summed E-state index contributed by atoms with van der Waals surface area (Å²) in [6, 6.07) is 14.3. The highest BCUT2D eigenvalue weighted by molar-refractivity contribution is 7.89. The molecule has 0 radical (unpaired) electrons. The van der Waals surface area contributed by atoms with Gasteiger partial charge in [-0.3, -0.25) is 4.79 Å². The number of benzene rings is 2. The van der Waals surface area contributed by atoms with Gasteiger partial charge in [-0.15, -0.1) is 0 Å². The zero-order valence-corrected chi connectivity index (χ0v) is 15.0. The van der Waals surface area contributed by atoms with Crippen LogP contribution in [0.2, 0.25) is 0 Å². The average molecular weight is 378 g/mol. The fourth-order valence-electron chi connectivity index (χ4n) is 2.95. The summed E-state index contributed by atoms with van der Waals surface area (Å²) < 4.78 is 40.2. The Bertz CT molecular complexity index is 866. The lowest BCUT2D eigenvalue weighted by molar-refractivity contribution is -0.895. The maximum atomic E-state index is 13.6. The van der Waals surface area contributed by atoms with Crippen LogP contribution >= 0.6 is 0 Å². The lowest BCUT2D eigenvalue weighted by Crippen LogP contribution is -3.15. The molecule has 0 aromatic heterocycles. The SMILES string of the molecule is O=C(C[NH+]1CCN(S(=O)(=O)c2ccccc2)CC1)Nc1ccccc1F. The van der Waals surface area contributed by atoms with E-state index in [0.717, 1.165) is 4.90 Å². The number of quaternary nitrogens is 1. The van der Waals surface area contributed by atoms with Crippen molar-refractivity contribution in [1.29, 1.82) is 0 Å². The Morgan fingerprint density at radius 1 is 1.04 bits per heavy atom. The van der Waals surface area contributed by atoms with Gasteiger partial charge in [0, 0.05) is 0 Å². The van der Waals surface area contributed by atoms with E-state index in [2.05, 4.69) is 5.32 Å². The highest BCUT2D eigenvalue weighted by Crippen LogP contribution is 2.15. The van der Waals surface area contributed by atoms with E-state index in [9.17, 15) is 17.6 Å². The summed E-state index contributed by atoms with van der Waals surface area (Å²) >= 11 is 0. The Hall–Kier alpha value is -2.29. The molecular weight excluding hydrogens is 357 g/mol. The minimum absolute atomic E-state index is 0.155. The van der Waals surface area contributed by atoms with Crippen LogP contribution in [-0.4, -0.2) is 51.4 Å². The second-order valence-corrected chi connectivity index (χ2v) is 8.11. The third kappa shape index (κ3) is 4.27. The predicted molar refractivity (Wildman–Crippen MR) is 95.8 cm³/mol. The fourth-order valence-corrected chi connectivity index (χ4v) is 4.41. The molecular formula is C18H21FN3O3S+. The molecule has 1 aliphatic heterocycles. The van der Waals surface area contributed by atoms with Crippen molar-refractivity contribution in [2.24, 2.45) is 0 Å². The second kappa shape index (κ2) is 7.94. The zero-order chi connectivity index (χ0) is 18.6. The van der Waals surface area contributed by atoms with Crippen molar-refractivity contribution in [2.75, 3.05) is 38.0 Å². The number of piperazine rings is 1. The first-order valence-corrected chi connectivity index (χ1v) is 9.84. The molecule has 0 bridgehead atoms. The Balaban J connectivity index is 1.54. The van der Waals surface area contributed by atoms with Gasteiger partial charge in [-0.25, -0.2) is 12.8 Å². The molecule has 1 fully saturated rings. The van der Waals surface area contributed by atoms with Crippen LogP contribution in [-0.2, 0) is 14.8 Å². The quantitative estimate of drug-likeness (QED) is 0.789. The Morgan fingerprint density at radius 3 is 2.31 bits per heavy atom. The maximum Gasteiger partial charge on any atom is 0.279 e. The molecule has 0 spiro atoms. The molecule has 6 nitrogen and oxygen atoms in total. The molecule has 1 aliphatic rings. The molecule has 0 unspecified atom stereocenters. The number of carbonyl (C=O) groups excluding carboxylic acids is 1. The van der Waals surface area contributed by atoms with Gasteiger partial charge in [0.05, 0.1) is 36.8 Å².